The number of methoxy groups -OCH3 is 1. The third-order valence-electron chi connectivity index (χ3n) is 2.97. The van der Waals surface area contributed by atoms with Crippen LogP contribution in [0.1, 0.15) is 22.9 Å². The van der Waals surface area contributed by atoms with Gasteiger partial charge in [0.1, 0.15) is 11.4 Å². The molecular formula is C13H14F3N3O. The molecule has 108 valence electrons. The Morgan fingerprint density at radius 1 is 1.30 bits per heavy atom. The van der Waals surface area contributed by atoms with Crippen LogP contribution in [0, 0.1) is 0 Å². The number of H-pyrrole nitrogens is 1. The highest BCUT2D eigenvalue weighted by Gasteiger charge is 2.36. The zero-order valence-corrected chi connectivity index (χ0v) is 10.7. The summed E-state index contributed by atoms with van der Waals surface area (Å²) in [7, 11) is 1.54. The maximum atomic E-state index is 12.7. The van der Waals surface area contributed by atoms with Crippen molar-refractivity contribution in [2.24, 2.45) is 5.73 Å². The van der Waals surface area contributed by atoms with Crippen LogP contribution >= 0.6 is 0 Å². The second-order valence-corrected chi connectivity index (χ2v) is 4.36. The molecule has 0 fully saturated rings. The van der Waals surface area contributed by atoms with Gasteiger partial charge in [-0.3, -0.25) is 5.10 Å². The second kappa shape index (κ2) is 5.54. The zero-order valence-electron chi connectivity index (χ0n) is 10.7. The average Bonchev–Trinajstić information content (AvgIpc) is 2.89. The number of alkyl halides is 3. The Kier molecular flexibility index (Phi) is 3.99. The van der Waals surface area contributed by atoms with Crippen molar-refractivity contribution in [1.82, 2.24) is 10.2 Å². The van der Waals surface area contributed by atoms with Gasteiger partial charge in [0.2, 0.25) is 0 Å². The number of nitrogens with two attached hydrogens (primary N) is 1. The molecular weight excluding hydrogens is 271 g/mol. The first-order chi connectivity index (χ1) is 9.41. The summed E-state index contributed by atoms with van der Waals surface area (Å²) < 4.78 is 43.2. The summed E-state index contributed by atoms with van der Waals surface area (Å²) in [5.74, 6) is 0.682. The predicted molar refractivity (Wildman–Crippen MR) is 67.2 cm³/mol. The lowest BCUT2D eigenvalue weighted by atomic mass is 10.00. The summed E-state index contributed by atoms with van der Waals surface area (Å²) in [6.45, 7) is 0. The normalized spacial score (nSPS) is 13.2. The maximum absolute atomic E-state index is 12.7. The van der Waals surface area contributed by atoms with Crippen LogP contribution in [0.25, 0.3) is 0 Å². The minimum absolute atomic E-state index is 0.0340. The molecule has 1 aromatic heterocycles. The molecule has 0 amide bonds. The largest absolute Gasteiger partial charge is 0.497 e. The van der Waals surface area contributed by atoms with Gasteiger partial charge in [-0.15, -0.1) is 0 Å². The summed E-state index contributed by atoms with van der Waals surface area (Å²) in [4.78, 5) is 0. The first kappa shape index (κ1) is 14.4. The van der Waals surface area contributed by atoms with Crippen LogP contribution in [-0.4, -0.2) is 17.3 Å². The van der Waals surface area contributed by atoms with Gasteiger partial charge in [-0.25, -0.2) is 0 Å². The van der Waals surface area contributed by atoms with Crippen LogP contribution in [0.5, 0.6) is 5.75 Å². The van der Waals surface area contributed by atoms with Crippen LogP contribution < -0.4 is 10.5 Å². The molecule has 0 aliphatic carbocycles. The Morgan fingerprint density at radius 3 is 2.50 bits per heavy atom. The minimum atomic E-state index is -4.48. The fourth-order valence-corrected chi connectivity index (χ4v) is 1.93. The molecule has 20 heavy (non-hydrogen) atoms. The number of halogens is 3. The van der Waals surface area contributed by atoms with E-state index in [4.69, 9.17) is 10.5 Å². The molecule has 1 unspecified atom stereocenters. The van der Waals surface area contributed by atoms with Crippen LogP contribution in [0.4, 0.5) is 13.2 Å². The Bertz CT molecular complexity index is 563. The van der Waals surface area contributed by atoms with Crippen molar-refractivity contribution in [3.05, 3.63) is 47.3 Å². The molecule has 4 nitrogen and oxygen atoms in total. The highest BCUT2D eigenvalue weighted by atomic mass is 19.4. The van der Waals surface area contributed by atoms with E-state index in [1.165, 1.54) is 0 Å². The molecule has 0 aliphatic rings. The van der Waals surface area contributed by atoms with Crippen LogP contribution in [0.3, 0.4) is 0 Å². The monoisotopic (exact) mass is 285 g/mol. The molecule has 3 N–H and O–H groups in total. The van der Waals surface area contributed by atoms with Gasteiger partial charge in [0.15, 0.2) is 0 Å². The lowest BCUT2D eigenvalue weighted by molar-refractivity contribution is -0.142. The third kappa shape index (κ3) is 3.11. The molecule has 2 rings (SSSR count). The van der Waals surface area contributed by atoms with E-state index >= 15 is 0 Å². The van der Waals surface area contributed by atoms with E-state index in [-0.39, 0.29) is 12.0 Å². The van der Waals surface area contributed by atoms with E-state index in [9.17, 15) is 13.2 Å². The lowest BCUT2D eigenvalue weighted by Gasteiger charge is -2.14. The number of aromatic nitrogens is 2. The van der Waals surface area contributed by atoms with E-state index < -0.39 is 17.9 Å². The summed E-state index contributed by atoms with van der Waals surface area (Å²) >= 11 is 0. The van der Waals surface area contributed by atoms with Crippen molar-refractivity contribution in [2.75, 3.05) is 7.11 Å². The Morgan fingerprint density at radius 2 is 1.95 bits per heavy atom. The van der Waals surface area contributed by atoms with E-state index in [0.717, 1.165) is 11.8 Å². The average molecular weight is 285 g/mol. The Balaban J connectivity index is 2.15. The van der Waals surface area contributed by atoms with Crippen molar-refractivity contribution in [1.29, 1.82) is 0 Å². The van der Waals surface area contributed by atoms with Gasteiger partial charge in [-0.1, -0.05) is 12.1 Å². The van der Waals surface area contributed by atoms with Gasteiger partial charge in [-0.05, 0) is 24.1 Å². The van der Waals surface area contributed by atoms with E-state index in [1.807, 2.05) is 5.10 Å². The highest BCUT2D eigenvalue weighted by Crippen LogP contribution is 2.33. The first-order valence-corrected chi connectivity index (χ1v) is 5.90. The number of ether oxygens (including phenoxy) is 1. The smallest absolute Gasteiger partial charge is 0.433 e. The molecule has 0 aliphatic heterocycles. The number of nitrogens with one attached hydrogen (secondary N) is 1. The predicted octanol–water partition coefficient (Wildman–Crippen LogP) is 2.68. The van der Waals surface area contributed by atoms with E-state index in [2.05, 4.69) is 5.10 Å². The topological polar surface area (TPSA) is 63.9 Å². The first-order valence-electron chi connectivity index (χ1n) is 5.90. The van der Waals surface area contributed by atoms with Gasteiger partial charge in [-0.2, -0.15) is 18.3 Å². The molecule has 0 radical (unpaired) electrons. The van der Waals surface area contributed by atoms with Crippen LogP contribution in [0.15, 0.2) is 30.5 Å². The Labute approximate surface area is 113 Å². The molecule has 0 saturated carbocycles. The van der Waals surface area contributed by atoms with E-state index in [1.54, 1.807) is 31.4 Å². The van der Waals surface area contributed by atoms with Gasteiger partial charge in [0.25, 0.3) is 0 Å². The molecule has 0 bridgehead atoms. The molecule has 7 heteroatoms. The number of benzene rings is 1. The molecule has 0 spiro atoms. The van der Waals surface area contributed by atoms with Crippen molar-refractivity contribution in [3.8, 4) is 5.75 Å². The van der Waals surface area contributed by atoms with Crippen LogP contribution in [-0.2, 0) is 12.6 Å². The molecule has 1 aromatic carbocycles. The second-order valence-electron chi connectivity index (χ2n) is 4.36. The number of hydrogen-bond acceptors (Lipinski definition) is 3. The maximum Gasteiger partial charge on any atom is 0.433 e. The van der Waals surface area contributed by atoms with Crippen molar-refractivity contribution in [2.45, 2.75) is 18.6 Å². The van der Waals surface area contributed by atoms with Gasteiger partial charge in [0.05, 0.1) is 13.3 Å². The summed E-state index contributed by atoms with van der Waals surface area (Å²) in [6, 6.07) is 6.24. The van der Waals surface area contributed by atoms with Gasteiger partial charge < -0.3 is 10.5 Å². The number of hydrogen-bond donors (Lipinski definition) is 2. The number of rotatable bonds is 4. The lowest BCUT2D eigenvalue weighted by Crippen LogP contribution is -2.18. The third-order valence-corrected chi connectivity index (χ3v) is 2.97. The zero-order chi connectivity index (χ0) is 14.8. The SMILES string of the molecule is COc1ccc(CC(N)c2cn[nH]c2C(F)(F)F)cc1. The number of nitrogens with zero attached hydrogens (tertiary/aromatic N) is 1. The fourth-order valence-electron chi connectivity index (χ4n) is 1.93. The van der Waals surface area contributed by atoms with E-state index in [0.29, 0.717) is 5.75 Å². The molecule has 2 aromatic rings. The minimum Gasteiger partial charge on any atom is -0.497 e. The standard InChI is InChI=1S/C13H14F3N3O/c1-20-9-4-2-8(3-5-9)6-11(17)10-7-18-19-12(10)13(14,15)16/h2-5,7,11H,6,17H2,1H3,(H,18,19). The molecule has 0 saturated heterocycles. The Hall–Kier alpha value is -2.02. The molecule has 1 atom stereocenters. The quantitative estimate of drug-likeness (QED) is 0.907. The number of aromatic amines is 1. The summed E-state index contributed by atoms with van der Waals surface area (Å²) in [6.07, 6.45) is -3.08. The fraction of sp³-hybridized carbons (Fsp3) is 0.308. The molecule has 1 heterocycles. The summed E-state index contributed by atoms with van der Waals surface area (Å²) in [5.41, 5.74) is 5.75. The van der Waals surface area contributed by atoms with Crippen molar-refractivity contribution >= 4 is 0 Å². The van der Waals surface area contributed by atoms with Crippen molar-refractivity contribution in [3.63, 3.8) is 0 Å². The van der Waals surface area contributed by atoms with Gasteiger partial charge >= 0.3 is 6.18 Å². The highest BCUT2D eigenvalue weighted by molar-refractivity contribution is 5.30. The summed E-state index contributed by atoms with van der Waals surface area (Å²) in [5, 5.41) is 5.39. The van der Waals surface area contributed by atoms with Gasteiger partial charge in [0, 0.05) is 11.6 Å². The van der Waals surface area contributed by atoms with Crippen LogP contribution in [0.2, 0.25) is 0 Å². The van der Waals surface area contributed by atoms with Crippen molar-refractivity contribution < 1.29 is 17.9 Å².